The van der Waals surface area contributed by atoms with Gasteiger partial charge >= 0.3 is 0 Å². The molecule has 0 unspecified atom stereocenters. The van der Waals surface area contributed by atoms with E-state index < -0.39 is 0 Å². The van der Waals surface area contributed by atoms with Crippen molar-refractivity contribution in [3.63, 3.8) is 0 Å². The molecule has 0 atom stereocenters. The fourth-order valence-electron chi connectivity index (χ4n) is 0. The summed E-state index contributed by atoms with van der Waals surface area (Å²) in [5.41, 5.74) is 0. The Balaban J connectivity index is -0.0000000750. The summed E-state index contributed by atoms with van der Waals surface area (Å²) in [6, 6.07) is 2.03. The molecule has 0 N–H and O–H groups in total. The Labute approximate surface area is 64.1 Å². The van der Waals surface area contributed by atoms with Gasteiger partial charge in [0.15, 0.2) is 0 Å². The first-order valence-corrected chi connectivity index (χ1v) is 1.90. The molecule has 0 rings (SSSR count). The quantitative estimate of drug-likeness (QED) is 0.489. The van der Waals surface area contributed by atoms with Gasteiger partial charge in [-0.05, 0) is 13.8 Å². The van der Waals surface area contributed by atoms with Crippen molar-refractivity contribution < 1.29 is 25.9 Å². The van der Waals surface area contributed by atoms with Crippen LogP contribution in [0.5, 0.6) is 0 Å². The van der Waals surface area contributed by atoms with Gasteiger partial charge in [0.05, 0.1) is 6.07 Å². The van der Waals surface area contributed by atoms with Crippen molar-refractivity contribution in [1.29, 1.82) is 5.26 Å². The number of nitrogens with zero attached hydrogens (tertiary/aromatic N) is 1. The monoisotopic (exact) mass is 282 g/mol. The second kappa shape index (κ2) is 15.8. The van der Waals surface area contributed by atoms with E-state index in [0.29, 0.717) is 0 Å². The van der Waals surface area contributed by atoms with Crippen LogP contribution in [-0.4, -0.2) is 6.79 Å². The van der Waals surface area contributed by atoms with Crippen molar-refractivity contribution in [3.05, 3.63) is 0 Å². The first-order valence-electron chi connectivity index (χ1n) is 1.90. The number of hydrogen-bond acceptors (Lipinski definition) is 2. The average Bonchev–Trinajstić information content (AvgIpc) is 1.73. The van der Waals surface area contributed by atoms with E-state index in [1.165, 1.54) is 0 Å². The average molecular weight is 282 g/mol. The van der Waals surface area contributed by atoms with Crippen molar-refractivity contribution in [2.75, 3.05) is 0 Å². The van der Waals surface area contributed by atoms with Crippen LogP contribution in [0.25, 0.3) is 0 Å². The summed E-state index contributed by atoms with van der Waals surface area (Å²) in [6.07, 6.45) is 0. The van der Waals surface area contributed by atoms with Gasteiger partial charge < -0.3 is 4.79 Å². The zero-order valence-corrected chi connectivity index (χ0v) is 7.85. The van der Waals surface area contributed by atoms with Crippen LogP contribution in [0.15, 0.2) is 0 Å². The van der Waals surface area contributed by atoms with Gasteiger partial charge in [-0.25, -0.2) is 0 Å². The van der Waals surface area contributed by atoms with Crippen LogP contribution in [0.4, 0.5) is 0 Å². The Morgan fingerprint density at radius 2 is 1.62 bits per heavy atom. The Morgan fingerprint density at radius 1 is 1.50 bits per heavy atom. The van der Waals surface area contributed by atoms with Crippen LogP contribution in [-0.2, 0) is 25.9 Å². The molecule has 0 heterocycles. The SMILES string of the molecule is CC(C)C#N.[CH-]=O.[W]. The largest absolute Gasteiger partial charge is 0.545 e. The molecular weight excluding hydrogens is 274 g/mol. The van der Waals surface area contributed by atoms with Gasteiger partial charge in [-0.1, -0.05) is 0 Å². The third kappa shape index (κ3) is 40.2. The molecule has 0 amide bonds. The summed E-state index contributed by atoms with van der Waals surface area (Å²) in [5, 5.41) is 7.89. The van der Waals surface area contributed by atoms with Gasteiger partial charge in [-0.2, -0.15) is 5.26 Å². The first-order chi connectivity index (χ1) is 3.27. The van der Waals surface area contributed by atoms with Crippen molar-refractivity contribution in [2.24, 2.45) is 5.92 Å². The summed E-state index contributed by atoms with van der Waals surface area (Å²) < 4.78 is 0. The molecule has 0 radical (unpaired) electrons. The third-order valence-corrected chi connectivity index (χ3v) is 0.258. The zero-order chi connectivity index (χ0) is 6.28. The Bertz CT molecular complexity index is 67.3. The molecule has 0 fully saturated rings. The van der Waals surface area contributed by atoms with Crippen LogP contribution in [0, 0.1) is 17.2 Å². The molecule has 0 saturated heterocycles. The third-order valence-electron chi connectivity index (χ3n) is 0.258. The van der Waals surface area contributed by atoms with E-state index >= 15 is 0 Å². The van der Waals surface area contributed by atoms with E-state index in [-0.39, 0.29) is 27.0 Å². The zero-order valence-electron chi connectivity index (χ0n) is 4.92. The summed E-state index contributed by atoms with van der Waals surface area (Å²) in [7, 11) is 0. The van der Waals surface area contributed by atoms with Gasteiger partial charge in [0, 0.05) is 27.0 Å². The van der Waals surface area contributed by atoms with Crippen molar-refractivity contribution in [3.8, 4) is 6.07 Å². The second-order valence-corrected chi connectivity index (χ2v) is 1.28. The van der Waals surface area contributed by atoms with Crippen LogP contribution in [0.1, 0.15) is 13.8 Å². The maximum atomic E-state index is 7.89. The topological polar surface area (TPSA) is 40.9 Å². The van der Waals surface area contributed by atoms with Crippen LogP contribution < -0.4 is 0 Å². The molecule has 46 valence electrons. The van der Waals surface area contributed by atoms with E-state index in [1.807, 2.05) is 19.9 Å². The predicted molar refractivity (Wildman–Crippen MR) is 27.2 cm³/mol. The fraction of sp³-hybridized carbons (Fsp3) is 0.600. The van der Waals surface area contributed by atoms with Crippen LogP contribution in [0.2, 0.25) is 0 Å². The number of hydrogen-bond donors (Lipinski definition) is 0. The standard InChI is InChI=1S/C4H7N.CHO.W/c1-4(2)3-5;1-2;/h4H,1-2H3;1H;/q;-1;. The molecule has 8 heavy (non-hydrogen) atoms. The molecule has 0 saturated carbocycles. The molecule has 0 aromatic heterocycles. The molecule has 2 nitrogen and oxygen atoms in total. The van der Waals surface area contributed by atoms with Crippen molar-refractivity contribution >= 4 is 6.79 Å². The predicted octanol–water partition coefficient (Wildman–Crippen LogP) is 0.889. The minimum Gasteiger partial charge on any atom is -0.545 e. The minimum atomic E-state index is 0. The second-order valence-electron chi connectivity index (χ2n) is 1.28. The smallest absolute Gasteiger partial charge is 0.0649 e. The first kappa shape index (κ1) is 15.7. The van der Waals surface area contributed by atoms with Crippen LogP contribution >= 0.6 is 0 Å². The van der Waals surface area contributed by atoms with Crippen LogP contribution in [0.3, 0.4) is 0 Å². The van der Waals surface area contributed by atoms with Gasteiger partial charge in [-0.15, -0.1) is 0 Å². The summed E-state index contributed by atoms with van der Waals surface area (Å²) in [5.74, 6) is 0.190. The number of nitriles is 1. The van der Waals surface area contributed by atoms with E-state index in [2.05, 4.69) is 6.79 Å². The van der Waals surface area contributed by atoms with Gasteiger partial charge in [0.1, 0.15) is 0 Å². The summed E-state index contributed by atoms with van der Waals surface area (Å²) >= 11 is 0. The maximum Gasteiger partial charge on any atom is 0.0649 e. The fourth-order valence-corrected chi connectivity index (χ4v) is 0. The van der Waals surface area contributed by atoms with E-state index in [1.54, 1.807) is 0 Å². The summed E-state index contributed by atoms with van der Waals surface area (Å²) in [6.45, 7) is 6.97. The maximum absolute atomic E-state index is 7.89. The summed E-state index contributed by atoms with van der Waals surface area (Å²) in [4.78, 5) is 7.75. The number of rotatable bonds is 0. The normalized spacial score (nSPS) is 5.25. The number of carbonyl (C=O) groups excluding carboxylic acids is 1. The van der Waals surface area contributed by atoms with Gasteiger partial charge in [0.25, 0.3) is 0 Å². The minimum absolute atomic E-state index is 0. The Morgan fingerprint density at radius 3 is 1.62 bits per heavy atom. The Hall–Kier alpha value is -0.152. The van der Waals surface area contributed by atoms with Crippen molar-refractivity contribution in [2.45, 2.75) is 13.8 Å². The molecule has 0 bridgehead atoms. The Kier molecular flexibility index (Phi) is 31.0. The molecule has 0 aliphatic rings. The molecule has 0 spiro atoms. The molecule has 3 heteroatoms. The van der Waals surface area contributed by atoms with Gasteiger partial charge in [-0.3, -0.25) is 6.79 Å². The molecule has 0 aliphatic heterocycles. The van der Waals surface area contributed by atoms with E-state index in [4.69, 9.17) is 10.1 Å². The molecule has 0 aromatic carbocycles. The van der Waals surface area contributed by atoms with Gasteiger partial charge in [0.2, 0.25) is 0 Å². The van der Waals surface area contributed by atoms with E-state index in [9.17, 15) is 0 Å². The molecule has 0 aromatic rings. The molecule has 0 aliphatic carbocycles. The van der Waals surface area contributed by atoms with Crippen molar-refractivity contribution in [1.82, 2.24) is 0 Å². The molecular formula is C5H8NOW-. The van der Waals surface area contributed by atoms with E-state index in [0.717, 1.165) is 0 Å².